The first-order valence-electron chi connectivity index (χ1n) is 8.81. The van der Waals surface area contributed by atoms with Gasteiger partial charge in [-0.25, -0.2) is 13.4 Å². The Morgan fingerprint density at radius 3 is 2.77 bits per heavy atom. The first-order chi connectivity index (χ1) is 12.5. The summed E-state index contributed by atoms with van der Waals surface area (Å²) in [6.45, 7) is 0.502. The topological polar surface area (TPSA) is 97.0 Å². The van der Waals surface area contributed by atoms with Crippen LogP contribution in [0.4, 0.5) is 0 Å². The summed E-state index contributed by atoms with van der Waals surface area (Å²) in [5.41, 5.74) is -0.747. The fraction of sp³-hybridized carbons (Fsp3) is 0.529. The van der Waals surface area contributed by atoms with Crippen LogP contribution < -0.4 is 9.46 Å². The minimum Gasteiger partial charge on any atom is -0.492 e. The molecule has 0 bridgehead atoms. The predicted molar refractivity (Wildman–Crippen MR) is 96.5 cm³/mol. The van der Waals surface area contributed by atoms with Crippen LogP contribution in [0.3, 0.4) is 0 Å². The number of aromatic amines is 1. The molecule has 2 N–H and O–H groups in total. The van der Waals surface area contributed by atoms with Gasteiger partial charge in [-0.05, 0) is 49.8 Å². The van der Waals surface area contributed by atoms with Crippen molar-refractivity contribution in [3.63, 3.8) is 0 Å². The van der Waals surface area contributed by atoms with Crippen LogP contribution in [0, 0.1) is 5.92 Å². The summed E-state index contributed by atoms with van der Waals surface area (Å²) < 4.78 is 34.8. The van der Waals surface area contributed by atoms with Crippen LogP contribution in [0.25, 0.3) is 0 Å². The van der Waals surface area contributed by atoms with E-state index in [1.165, 1.54) is 25.2 Å². The van der Waals surface area contributed by atoms with Gasteiger partial charge < -0.3 is 4.74 Å². The van der Waals surface area contributed by atoms with Crippen LogP contribution in [-0.4, -0.2) is 30.2 Å². The van der Waals surface area contributed by atoms with Gasteiger partial charge in [0.15, 0.2) is 0 Å². The largest absolute Gasteiger partial charge is 0.492 e. The van der Waals surface area contributed by atoms with Gasteiger partial charge in [-0.15, -0.1) is 0 Å². The Morgan fingerprint density at radius 1 is 1.35 bits per heavy atom. The van der Waals surface area contributed by atoms with Gasteiger partial charge in [0, 0.05) is 5.02 Å². The van der Waals surface area contributed by atoms with Crippen molar-refractivity contribution >= 4 is 21.6 Å². The van der Waals surface area contributed by atoms with Crippen molar-refractivity contribution in [2.45, 2.75) is 49.0 Å². The van der Waals surface area contributed by atoms with Crippen molar-refractivity contribution in [2.75, 3.05) is 6.61 Å². The van der Waals surface area contributed by atoms with Gasteiger partial charge in [-0.2, -0.15) is 9.82 Å². The van der Waals surface area contributed by atoms with Crippen molar-refractivity contribution in [1.29, 1.82) is 0 Å². The van der Waals surface area contributed by atoms with E-state index in [0.29, 0.717) is 42.0 Å². The third kappa shape index (κ3) is 3.58. The second kappa shape index (κ2) is 6.83. The first-order valence-corrected chi connectivity index (χ1v) is 10.7. The Morgan fingerprint density at radius 2 is 2.15 bits per heavy atom. The van der Waals surface area contributed by atoms with Crippen molar-refractivity contribution in [3.05, 3.63) is 35.4 Å². The fourth-order valence-electron chi connectivity index (χ4n) is 3.22. The Bertz CT molecular complexity index is 877. The molecular formula is C17H21ClN4O3S. The Labute approximate surface area is 157 Å². The summed E-state index contributed by atoms with van der Waals surface area (Å²) in [6, 6.07) is 4.69. The Kier molecular flexibility index (Phi) is 4.66. The molecule has 0 atom stereocenters. The van der Waals surface area contributed by atoms with Gasteiger partial charge in [0.05, 0.1) is 12.1 Å². The number of hydrogen-bond donors (Lipinski definition) is 2. The molecular weight excluding hydrogens is 376 g/mol. The van der Waals surface area contributed by atoms with Crippen LogP contribution in [0.15, 0.2) is 29.4 Å². The SMILES string of the molecule is O=S(=O)(NC1(c2ncn[nH]2)CCC1)c1cc(Cl)ccc1OCCC1CC1. The zero-order chi connectivity index (χ0) is 18.2. The van der Waals surface area contributed by atoms with Crippen molar-refractivity contribution in [2.24, 2.45) is 5.92 Å². The van der Waals surface area contributed by atoms with Gasteiger partial charge in [0.1, 0.15) is 22.8 Å². The van der Waals surface area contributed by atoms with Gasteiger partial charge in [-0.1, -0.05) is 24.4 Å². The molecule has 1 heterocycles. The molecule has 2 aromatic rings. The lowest BCUT2D eigenvalue weighted by Crippen LogP contribution is -2.51. The summed E-state index contributed by atoms with van der Waals surface area (Å²) >= 11 is 6.06. The number of nitrogens with zero attached hydrogens (tertiary/aromatic N) is 2. The van der Waals surface area contributed by atoms with Crippen LogP contribution in [0.5, 0.6) is 5.75 Å². The molecule has 4 rings (SSSR count). The molecule has 7 nitrogen and oxygen atoms in total. The maximum Gasteiger partial charge on any atom is 0.245 e. The highest BCUT2D eigenvalue weighted by Crippen LogP contribution is 2.41. The number of sulfonamides is 1. The van der Waals surface area contributed by atoms with E-state index in [2.05, 4.69) is 19.9 Å². The molecule has 0 amide bonds. The number of rotatable bonds is 8. The summed E-state index contributed by atoms with van der Waals surface area (Å²) in [7, 11) is -3.84. The average molecular weight is 397 g/mol. The van der Waals surface area contributed by atoms with E-state index in [9.17, 15) is 8.42 Å². The van der Waals surface area contributed by atoms with Crippen molar-refractivity contribution < 1.29 is 13.2 Å². The summed E-state index contributed by atoms with van der Waals surface area (Å²) in [6.07, 6.45) is 7.04. The molecule has 2 aliphatic rings. The van der Waals surface area contributed by atoms with E-state index in [0.717, 1.165) is 12.8 Å². The Hall–Kier alpha value is -1.64. The molecule has 2 aliphatic carbocycles. The van der Waals surface area contributed by atoms with E-state index < -0.39 is 15.6 Å². The standard InChI is InChI=1S/C17H21ClN4O3S/c18-13-4-5-14(25-9-6-12-2-3-12)15(10-13)26(23,24)22-17(7-1-8-17)16-19-11-20-21-16/h4-5,10-12,22H,1-3,6-9H2,(H,19,20,21). The Balaban J connectivity index is 1.59. The molecule has 26 heavy (non-hydrogen) atoms. The average Bonchev–Trinajstić information content (AvgIpc) is 3.23. The van der Waals surface area contributed by atoms with E-state index in [-0.39, 0.29) is 4.90 Å². The van der Waals surface area contributed by atoms with Gasteiger partial charge in [0.2, 0.25) is 10.0 Å². The van der Waals surface area contributed by atoms with Gasteiger partial charge in [0.25, 0.3) is 0 Å². The number of nitrogens with one attached hydrogen (secondary N) is 2. The van der Waals surface area contributed by atoms with Crippen LogP contribution >= 0.6 is 11.6 Å². The molecule has 2 saturated carbocycles. The summed E-state index contributed by atoms with van der Waals surface area (Å²) in [5, 5.41) is 6.99. The molecule has 140 valence electrons. The molecule has 0 spiro atoms. The molecule has 0 aliphatic heterocycles. The minimum absolute atomic E-state index is 0.0617. The number of aromatic nitrogens is 3. The highest BCUT2D eigenvalue weighted by Gasteiger charge is 2.45. The van der Waals surface area contributed by atoms with E-state index >= 15 is 0 Å². The van der Waals surface area contributed by atoms with Crippen LogP contribution in [0.1, 0.15) is 44.3 Å². The normalized spacial score (nSPS) is 19.1. The molecule has 0 radical (unpaired) electrons. The maximum atomic E-state index is 13.1. The lowest BCUT2D eigenvalue weighted by molar-refractivity contribution is 0.210. The van der Waals surface area contributed by atoms with Crippen molar-refractivity contribution in [3.8, 4) is 5.75 Å². The second-order valence-corrected chi connectivity index (χ2v) is 9.13. The summed E-state index contributed by atoms with van der Waals surface area (Å²) in [4.78, 5) is 4.21. The van der Waals surface area contributed by atoms with Crippen LogP contribution in [-0.2, 0) is 15.6 Å². The molecule has 0 unspecified atom stereocenters. The van der Waals surface area contributed by atoms with Gasteiger partial charge >= 0.3 is 0 Å². The molecule has 1 aromatic carbocycles. The molecule has 0 saturated heterocycles. The number of hydrogen-bond acceptors (Lipinski definition) is 5. The second-order valence-electron chi connectivity index (χ2n) is 7.05. The third-order valence-corrected chi connectivity index (χ3v) is 6.87. The minimum atomic E-state index is -3.84. The molecule has 1 aromatic heterocycles. The highest BCUT2D eigenvalue weighted by molar-refractivity contribution is 7.89. The zero-order valence-corrected chi connectivity index (χ0v) is 15.8. The smallest absolute Gasteiger partial charge is 0.245 e. The number of halogens is 1. The molecule has 9 heteroatoms. The summed E-state index contributed by atoms with van der Waals surface area (Å²) in [5.74, 6) is 1.57. The zero-order valence-electron chi connectivity index (χ0n) is 14.2. The predicted octanol–water partition coefficient (Wildman–Crippen LogP) is 2.99. The van der Waals surface area contributed by atoms with Crippen molar-refractivity contribution in [1.82, 2.24) is 19.9 Å². The van der Waals surface area contributed by atoms with E-state index in [4.69, 9.17) is 16.3 Å². The molecule has 2 fully saturated rings. The van der Waals surface area contributed by atoms with Crippen LogP contribution in [0.2, 0.25) is 5.02 Å². The monoisotopic (exact) mass is 396 g/mol. The lowest BCUT2D eigenvalue weighted by atomic mass is 9.77. The third-order valence-electron chi connectivity index (χ3n) is 5.08. The van der Waals surface area contributed by atoms with E-state index in [1.54, 1.807) is 12.1 Å². The number of ether oxygens (including phenoxy) is 1. The maximum absolute atomic E-state index is 13.1. The highest BCUT2D eigenvalue weighted by atomic mass is 35.5. The first kappa shape index (κ1) is 17.8. The van der Waals surface area contributed by atoms with E-state index in [1.807, 2.05) is 0 Å². The number of benzene rings is 1. The number of H-pyrrole nitrogens is 1. The fourth-order valence-corrected chi connectivity index (χ4v) is 5.05. The van der Waals surface area contributed by atoms with Gasteiger partial charge in [-0.3, -0.25) is 5.10 Å². The lowest BCUT2D eigenvalue weighted by Gasteiger charge is -2.40. The quantitative estimate of drug-likeness (QED) is 0.714.